The molecule has 0 unspecified atom stereocenters. The van der Waals surface area contributed by atoms with Gasteiger partial charge in [-0.15, -0.1) is 11.3 Å². The summed E-state index contributed by atoms with van der Waals surface area (Å²) in [5.41, 5.74) is 1.61. The monoisotopic (exact) mass is 445 g/mol. The quantitative estimate of drug-likeness (QED) is 0.513. The summed E-state index contributed by atoms with van der Waals surface area (Å²) in [5.74, 6) is -0.366. The van der Waals surface area contributed by atoms with Gasteiger partial charge in [0.05, 0.1) is 29.1 Å². The molecule has 1 amide bonds. The first kappa shape index (κ1) is 22.2. The van der Waals surface area contributed by atoms with Crippen LogP contribution in [0.4, 0.5) is 5.69 Å². The number of pyridine rings is 1. The molecule has 158 valence electrons. The van der Waals surface area contributed by atoms with Crippen molar-refractivity contribution < 1.29 is 14.3 Å². The average molecular weight is 446 g/mol. The molecule has 0 saturated heterocycles. The molecule has 0 spiro atoms. The summed E-state index contributed by atoms with van der Waals surface area (Å²) in [7, 11) is 3.36. The number of hydrogen-bond donors (Lipinski definition) is 1. The van der Waals surface area contributed by atoms with Crippen LogP contribution in [0.3, 0.4) is 0 Å². The molecule has 1 aromatic carbocycles. The number of methoxy groups -OCH3 is 1. The van der Waals surface area contributed by atoms with Crippen molar-refractivity contribution in [2.75, 3.05) is 26.0 Å². The van der Waals surface area contributed by atoms with Gasteiger partial charge in [-0.05, 0) is 37.2 Å². The zero-order chi connectivity index (χ0) is 21.8. The first-order chi connectivity index (χ1) is 14.3. The van der Waals surface area contributed by atoms with Gasteiger partial charge in [0.25, 0.3) is 5.91 Å². The lowest BCUT2D eigenvalue weighted by molar-refractivity contribution is 0.0607. The number of benzene rings is 1. The summed E-state index contributed by atoms with van der Waals surface area (Å²) in [4.78, 5) is 33.0. The van der Waals surface area contributed by atoms with E-state index in [1.165, 1.54) is 18.4 Å². The fraction of sp³-hybridized carbons (Fsp3) is 0.318. The lowest BCUT2D eigenvalue weighted by Crippen LogP contribution is -2.23. The van der Waals surface area contributed by atoms with Gasteiger partial charge in [-0.3, -0.25) is 4.79 Å². The maximum absolute atomic E-state index is 12.8. The maximum atomic E-state index is 12.8. The van der Waals surface area contributed by atoms with Gasteiger partial charge < -0.3 is 15.0 Å². The van der Waals surface area contributed by atoms with Crippen molar-refractivity contribution in [3.05, 3.63) is 57.6 Å². The Morgan fingerprint density at radius 2 is 1.97 bits per heavy atom. The third-order valence-electron chi connectivity index (χ3n) is 4.45. The number of hydrogen-bond acceptors (Lipinski definition) is 6. The Balaban J connectivity index is 1.97. The number of nitrogens with one attached hydrogen (secondary N) is 1. The summed E-state index contributed by atoms with van der Waals surface area (Å²) in [5, 5.41) is 3.85. The highest BCUT2D eigenvalue weighted by atomic mass is 35.5. The molecular weight excluding hydrogens is 422 g/mol. The van der Waals surface area contributed by atoms with E-state index < -0.39 is 11.9 Å². The number of thiophene rings is 1. The Bertz CT molecular complexity index is 1080. The molecule has 0 radical (unpaired) electrons. The van der Waals surface area contributed by atoms with E-state index >= 15 is 0 Å². The molecule has 1 N–H and O–H groups in total. The van der Waals surface area contributed by atoms with Gasteiger partial charge in [0.15, 0.2) is 0 Å². The Labute approximate surface area is 184 Å². The van der Waals surface area contributed by atoms with E-state index in [9.17, 15) is 9.59 Å². The largest absolute Gasteiger partial charge is 0.465 e. The molecule has 6 nitrogen and oxygen atoms in total. The smallest absolute Gasteiger partial charge is 0.350 e. The molecule has 0 aliphatic carbocycles. The highest BCUT2D eigenvalue weighted by molar-refractivity contribution is 7.21. The summed E-state index contributed by atoms with van der Waals surface area (Å²) in [6, 6.07) is 10.6. The molecule has 0 fully saturated rings. The lowest BCUT2D eigenvalue weighted by atomic mass is 10.2. The van der Waals surface area contributed by atoms with Gasteiger partial charge in [-0.25, -0.2) is 9.78 Å². The van der Waals surface area contributed by atoms with Gasteiger partial charge in [0.2, 0.25) is 0 Å². The molecule has 2 aromatic heterocycles. The van der Waals surface area contributed by atoms with Crippen LogP contribution < -0.4 is 5.32 Å². The molecule has 3 rings (SSSR count). The van der Waals surface area contributed by atoms with Crippen LogP contribution in [0.2, 0.25) is 5.02 Å². The fourth-order valence-electron chi connectivity index (χ4n) is 3.26. The number of fused-ring (bicyclic) bond motifs is 1. The number of aromatic nitrogens is 1. The Morgan fingerprint density at radius 3 is 2.63 bits per heavy atom. The van der Waals surface area contributed by atoms with Crippen molar-refractivity contribution in [1.29, 1.82) is 0 Å². The first-order valence-electron chi connectivity index (χ1n) is 9.55. The number of halogens is 1. The molecule has 0 aliphatic rings. The van der Waals surface area contributed by atoms with E-state index in [0.717, 1.165) is 12.2 Å². The third-order valence-corrected chi connectivity index (χ3v) is 5.86. The molecule has 0 bridgehead atoms. The molecule has 0 atom stereocenters. The highest BCUT2D eigenvalue weighted by Gasteiger charge is 2.23. The Kier molecular flexibility index (Phi) is 7.07. The van der Waals surface area contributed by atoms with Crippen LogP contribution in [0.1, 0.15) is 39.6 Å². The standard InChI is InChI=1S/C22H24ClN3O3S/c1-13(2)11-26(3)12-14-9-10-16-18(19(22(28)29-4)30-21(16)24-14)25-20(27)15-7-5-6-8-17(15)23/h5-10,13H,11-12H2,1-4H3,(H,25,27). The molecule has 3 aromatic rings. The molecule has 8 heteroatoms. The van der Waals surface area contributed by atoms with E-state index in [-0.39, 0.29) is 0 Å². The van der Waals surface area contributed by atoms with E-state index in [1.54, 1.807) is 24.3 Å². The second-order valence-corrected chi connectivity index (χ2v) is 8.88. The number of amides is 1. The van der Waals surface area contributed by atoms with Crippen LogP contribution in [-0.4, -0.2) is 42.5 Å². The number of carbonyl (C=O) groups is 2. The van der Waals surface area contributed by atoms with Crippen LogP contribution in [0, 0.1) is 5.92 Å². The molecule has 0 aliphatic heterocycles. The predicted molar refractivity (Wildman–Crippen MR) is 122 cm³/mol. The second-order valence-electron chi connectivity index (χ2n) is 7.48. The van der Waals surface area contributed by atoms with Crippen molar-refractivity contribution in [1.82, 2.24) is 9.88 Å². The summed E-state index contributed by atoms with van der Waals surface area (Å²) in [6.45, 7) is 5.99. The number of rotatable bonds is 7. The third kappa shape index (κ3) is 4.98. The van der Waals surface area contributed by atoms with E-state index in [1.807, 2.05) is 12.1 Å². The minimum atomic E-state index is -0.522. The van der Waals surface area contributed by atoms with Gasteiger partial charge in [0.1, 0.15) is 9.71 Å². The predicted octanol–water partition coefficient (Wildman–Crippen LogP) is 5.08. The molecule has 30 heavy (non-hydrogen) atoms. The summed E-state index contributed by atoms with van der Waals surface area (Å²) < 4.78 is 4.91. The number of nitrogens with zero attached hydrogens (tertiary/aromatic N) is 2. The van der Waals surface area contributed by atoms with Crippen LogP contribution in [0.5, 0.6) is 0 Å². The fourth-order valence-corrected chi connectivity index (χ4v) is 4.54. The van der Waals surface area contributed by atoms with Crippen molar-refractivity contribution in [2.24, 2.45) is 5.92 Å². The van der Waals surface area contributed by atoms with Gasteiger partial charge in [-0.1, -0.05) is 37.6 Å². The topological polar surface area (TPSA) is 71.5 Å². The number of anilines is 1. The van der Waals surface area contributed by atoms with E-state index in [4.69, 9.17) is 21.3 Å². The SMILES string of the molecule is COC(=O)c1sc2nc(CN(C)CC(C)C)ccc2c1NC(=O)c1ccccc1Cl. The normalized spacial score (nSPS) is 11.3. The zero-order valence-electron chi connectivity index (χ0n) is 17.4. The highest BCUT2D eigenvalue weighted by Crippen LogP contribution is 2.36. The maximum Gasteiger partial charge on any atom is 0.350 e. The van der Waals surface area contributed by atoms with Gasteiger partial charge >= 0.3 is 5.97 Å². The van der Waals surface area contributed by atoms with E-state index in [2.05, 4.69) is 31.1 Å². The number of esters is 1. The summed E-state index contributed by atoms with van der Waals surface area (Å²) in [6.07, 6.45) is 0. The van der Waals surface area contributed by atoms with Crippen molar-refractivity contribution in [3.8, 4) is 0 Å². The summed E-state index contributed by atoms with van der Waals surface area (Å²) >= 11 is 7.35. The van der Waals surface area contributed by atoms with Crippen molar-refractivity contribution >= 4 is 50.7 Å². The van der Waals surface area contributed by atoms with Gasteiger partial charge in [-0.2, -0.15) is 0 Å². The molecular formula is C22H24ClN3O3S. The molecule has 2 heterocycles. The van der Waals surface area contributed by atoms with Gasteiger partial charge in [0, 0.05) is 18.5 Å². The second kappa shape index (κ2) is 9.55. The van der Waals surface area contributed by atoms with Crippen molar-refractivity contribution in [2.45, 2.75) is 20.4 Å². The van der Waals surface area contributed by atoms with Crippen LogP contribution in [0.25, 0.3) is 10.2 Å². The molecule has 0 saturated carbocycles. The van der Waals surface area contributed by atoms with Crippen LogP contribution in [0.15, 0.2) is 36.4 Å². The Hall–Kier alpha value is -2.48. The van der Waals surface area contributed by atoms with E-state index in [0.29, 0.717) is 43.8 Å². The van der Waals surface area contributed by atoms with Crippen LogP contribution >= 0.6 is 22.9 Å². The number of carbonyl (C=O) groups excluding carboxylic acids is 2. The average Bonchev–Trinajstić information content (AvgIpc) is 3.04. The zero-order valence-corrected chi connectivity index (χ0v) is 18.9. The minimum Gasteiger partial charge on any atom is -0.465 e. The number of ether oxygens (including phenoxy) is 1. The lowest BCUT2D eigenvalue weighted by Gasteiger charge is -2.18. The Morgan fingerprint density at radius 1 is 1.23 bits per heavy atom. The first-order valence-corrected chi connectivity index (χ1v) is 10.7. The van der Waals surface area contributed by atoms with Crippen LogP contribution in [-0.2, 0) is 11.3 Å². The van der Waals surface area contributed by atoms with Crippen molar-refractivity contribution in [3.63, 3.8) is 0 Å². The minimum absolute atomic E-state index is 0.299.